The molecule has 1 aliphatic carbocycles. The maximum atomic E-state index is 11.7. The van der Waals surface area contributed by atoms with Crippen molar-refractivity contribution < 1.29 is 9.53 Å². The van der Waals surface area contributed by atoms with Crippen LogP contribution in [0.4, 0.5) is 0 Å². The normalized spacial score (nSPS) is 16.9. The lowest BCUT2D eigenvalue weighted by Gasteiger charge is -2.24. The van der Waals surface area contributed by atoms with Crippen LogP contribution in [0.5, 0.6) is 0 Å². The molecule has 1 amide bonds. The SMILES string of the molecule is COCCNCC(=O)N(C)C1CCCC1. The van der Waals surface area contributed by atoms with Crippen molar-refractivity contribution in [1.82, 2.24) is 10.2 Å². The molecule has 4 heteroatoms. The van der Waals surface area contributed by atoms with Crippen LogP contribution in [0, 0.1) is 0 Å². The van der Waals surface area contributed by atoms with Gasteiger partial charge in [0.1, 0.15) is 0 Å². The summed E-state index contributed by atoms with van der Waals surface area (Å²) in [5.74, 6) is 0.193. The predicted octanol–water partition coefficient (Wildman–Crippen LogP) is 0.623. The molecule has 0 heterocycles. The number of nitrogens with zero attached hydrogens (tertiary/aromatic N) is 1. The van der Waals surface area contributed by atoms with Crippen LogP contribution in [0.15, 0.2) is 0 Å². The Balaban J connectivity index is 2.14. The van der Waals surface area contributed by atoms with Crippen LogP contribution < -0.4 is 5.32 Å². The van der Waals surface area contributed by atoms with Crippen molar-refractivity contribution in [2.75, 3.05) is 33.9 Å². The lowest BCUT2D eigenvalue weighted by atomic mass is 10.2. The number of likely N-dealkylation sites (N-methyl/N-ethyl adjacent to an activating group) is 1. The number of methoxy groups -OCH3 is 1. The lowest BCUT2D eigenvalue weighted by Crippen LogP contribution is -2.41. The van der Waals surface area contributed by atoms with Gasteiger partial charge in [0.25, 0.3) is 0 Å². The first-order valence-electron chi connectivity index (χ1n) is 5.71. The van der Waals surface area contributed by atoms with Gasteiger partial charge in [0, 0.05) is 26.7 Å². The monoisotopic (exact) mass is 214 g/mol. The first-order valence-corrected chi connectivity index (χ1v) is 5.71. The van der Waals surface area contributed by atoms with Crippen LogP contribution in [0.1, 0.15) is 25.7 Å². The summed E-state index contributed by atoms with van der Waals surface area (Å²) in [6.45, 7) is 1.82. The van der Waals surface area contributed by atoms with Crippen LogP contribution in [0.2, 0.25) is 0 Å². The second-order valence-electron chi connectivity index (χ2n) is 4.11. The molecule has 1 fully saturated rings. The van der Waals surface area contributed by atoms with Gasteiger partial charge < -0.3 is 15.0 Å². The highest BCUT2D eigenvalue weighted by atomic mass is 16.5. The van der Waals surface area contributed by atoms with Crippen LogP contribution >= 0.6 is 0 Å². The Morgan fingerprint density at radius 3 is 2.73 bits per heavy atom. The molecule has 0 aromatic rings. The van der Waals surface area contributed by atoms with E-state index in [0.29, 0.717) is 19.2 Å². The average Bonchev–Trinajstić information content (AvgIpc) is 2.76. The number of carbonyl (C=O) groups is 1. The average molecular weight is 214 g/mol. The van der Waals surface area contributed by atoms with E-state index >= 15 is 0 Å². The summed E-state index contributed by atoms with van der Waals surface area (Å²) >= 11 is 0. The Morgan fingerprint density at radius 2 is 2.13 bits per heavy atom. The molecule has 0 aromatic carbocycles. The predicted molar refractivity (Wildman–Crippen MR) is 59.8 cm³/mol. The van der Waals surface area contributed by atoms with E-state index in [1.165, 1.54) is 25.7 Å². The van der Waals surface area contributed by atoms with Gasteiger partial charge in [-0.2, -0.15) is 0 Å². The van der Waals surface area contributed by atoms with E-state index < -0.39 is 0 Å². The van der Waals surface area contributed by atoms with Gasteiger partial charge in [-0.25, -0.2) is 0 Å². The highest BCUT2D eigenvalue weighted by Gasteiger charge is 2.22. The van der Waals surface area contributed by atoms with E-state index in [4.69, 9.17) is 4.74 Å². The molecular formula is C11H22N2O2. The van der Waals surface area contributed by atoms with Crippen molar-refractivity contribution in [1.29, 1.82) is 0 Å². The van der Waals surface area contributed by atoms with Crippen molar-refractivity contribution in [3.63, 3.8) is 0 Å². The van der Waals surface area contributed by atoms with E-state index in [1.807, 2.05) is 11.9 Å². The summed E-state index contributed by atoms with van der Waals surface area (Å²) in [5.41, 5.74) is 0. The molecule has 1 N–H and O–H groups in total. The second kappa shape index (κ2) is 6.80. The second-order valence-corrected chi connectivity index (χ2v) is 4.11. The summed E-state index contributed by atoms with van der Waals surface area (Å²) in [6, 6.07) is 0.474. The van der Waals surface area contributed by atoms with Gasteiger partial charge in [-0.1, -0.05) is 12.8 Å². The molecule has 15 heavy (non-hydrogen) atoms. The van der Waals surface area contributed by atoms with Gasteiger partial charge >= 0.3 is 0 Å². The van der Waals surface area contributed by atoms with E-state index in [2.05, 4.69) is 5.32 Å². The quantitative estimate of drug-likeness (QED) is 0.659. The van der Waals surface area contributed by atoms with Crippen molar-refractivity contribution in [3.8, 4) is 0 Å². The Bertz CT molecular complexity index is 191. The van der Waals surface area contributed by atoms with Crippen LogP contribution in [0.3, 0.4) is 0 Å². The van der Waals surface area contributed by atoms with Crippen molar-refractivity contribution in [2.45, 2.75) is 31.7 Å². The van der Waals surface area contributed by atoms with E-state index in [9.17, 15) is 4.79 Å². The van der Waals surface area contributed by atoms with E-state index in [0.717, 1.165) is 6.54 Å². The zero-order valence-electron chi connectivity index (χ0n) is 9.79. The Morgan fingerprint density at radius 1 is 1.47 bits per heavy atom. The maximum Gasteiger partial charge on any atom is 0.236 e. The molecule has 0 spiro atoms. The standard InChI is InChI=1S/C11H22N2O2/c1-13(10-5-3-4-6-10)11(14)9-12-7-8-15-2/h10,12H,3-9H2,1-2H3. The maximum absolute atomic E-state index is 11.7. The highest BCUT2D eigenvalue weighted by molar-refractivity contribution is 5.78. The summed E-state index contributed by atoms with van der Waals surface area (Å²) in [6.07, 6.45) is 4.86. The summed E-state index contributed by atoms with van der Waals surface area (Å²) in [5, 5.41) is 3.07. The third-order valence-corrected chi connectivity index (χ3v) is 3.02. The van der Waals surface area contributed by atoms with Crippen LogP contribution in [-0.2, 0) is 9.53 Å². The third-order valence-electron chi connectivity index (χ3n) is 3.02. The minimum atomic E-state index is 0.193. The minimum Gasteiger partial charge on any atom is -0.383 e. The lowest BCUT2D eigenvalue weighted by molar-refractivity contribution is -0.130. The summed E-state index contributed by atoms with van der Waals surface area (Å²) in [7, 11) is 3.57. The largest absolute Gasteiger partial charge is 0.383 e. The molecule has 88 valence electrons. The number of carbonyl (C=O) groups excluding carboxylic acids is 1. The van der Waals surface area contributed by atoms with Crippen molar-refractivity contribution in [2.24, 2.45) is 0 Å². The van der Waals surface area contributed by atoms with E-state index in [1.54, 1.807) is 7.11 Å². The molecule has 0 atom stereocenters. The molecule has 0 radical (unpaired) electrons. The molecular weight excluding hydrogens is 192 g/mol. The number of hydrogen-bond acceptors (Lipinski definition) is 3. The Hall–Kier alpha value is -0.610. The van der Waals surface area contributed by atoms with Gasteiger partial charge in [-0.15, -0.1) is 0 Å². The summed E-state index contributed by atoms with van der Waals surface area (Å²) in [4.78, 5) is 13.6. The zero-order valence-corrected chi connectivity index (χ0v) is 9.79. The molecule has 1 rings (SSSR count). The fraction of sp³-hybridized carbons (Fsp3) is 0.909. The minimum absolute atomic E-state index is 0.193. The highest BCUT2D eigenvalue weighted by Crippen LogP contribution is 2.22. The van der Waals surface area contributed by atoms with Crippen molar-refractivity contribution in [3.05, 3.63) is 0 Å². The molecule has 1 saturated carbocycles. The third kappa shape index (κ3) is 4.18. The first kappa shape index (κ1) is 12.5. The van der Waals surface area contributed by atoms with Crippen LogP contribution in [-0.4, -0.2) is 50.7 Å². The number of ether oxygens (including phenoxy) is 1. The molecule has 0 aromatic heterocycles. The summed E-state index contributed by atoms with van der Waals surface area (Å²) < 4.78 is 4.90. The van der Waals surface area contributed by atoms with Gasteiger partial charge in [0.2, 0.25) is 5.91 Å². The van der Waals surface area contributed by atoms with Crippen LogP contribution in [0.25, 0.3) is 0 Å². The number of amides is 1. The Kier molecular flexibility index (Phi) is 5.65. The Labute approximate surface area is 92.0 Å². The van der Waals surface area contributed by atoms with Gasteiger partial charge in [-0.3, -0.25) is 4.79 Å². The number of rotatable bonds is 6. The fourth-order valence-corrected chi connectivity index (χ4v) is 1.99. The molecule has 0 unspecified atom stereocenters. The molecule has 1 aliphatic rings. The molecule has 0 saturated heterocycles. The van der Waals surface area contributed by atoms with E-state index in [-0.39, 0.29) is 5.91 Å². The molecule has 0 aliphatic heterocycles. The molecule has 4 nitrogen and oxygen atoms in total. The first-order chi connectivity index (χ1) is 7.25. The fourth-order valence-electron chi connectivity index (χ4n) is 1.99. The molecule has 0 bridgehead atoms. The smallest absolute Gasteiger partial charge is 0.236 e. The van der Waals surface area contributed by atoms with Gasteiger partial charge in [-0.05, 0) is 12.8 Å². The zero-order chi connectivity index (χ0) is 11.1. The topological polar surface area (TPSA) is 41.6 Å². The van der Waals surface area contributed by atoms with Gasteiger partial charge in [0.05, 0.1) is 13.2 Å². The number of hydrogen-bond donors (Lipinski definition) is 1. The van der Waals surface area contributed by atoms with Crippen molar-refractivity contribution >= 4 is 5.91 Å². The van der Waals surface area contributed by atoms with Gasteiger partial charge in [0.15, 0.2) is 0 Å². The number of nitrogens with one attached hydrogen (secondary N) is 1.